The molecule has 0 aliphatic heterocycles. The summed E-state index contributed by atoms with van der Waals surface area (Å²) in [4.78, 5) is 0. The van der Waals surface area contributed by atoms with Crippen LogP contribution in [0.1, 0.15) is 17.2 Å². The van der Waals surface area contributed by atoms with Crippen LogP contribution >= 0.6 is 11.6 Å². The van der Waals surface area contributed by atoms with E-state index in [4.69, 9.17) is 22.4 Å². The van der Waals surface area contributed by atoms with Gasteiger partial charge >= 0.3 is 0 Å². The van der Waals surface area contributed by atoms with Gasteiger partial charge in [-0.25, -0.2) is 0 Å². The molecule has 12 heavy (non-hydrogen) atoms. The molecular weight excluding hydrogens is 174 g/mol. The number of rotatable bonds is 2. The van der Waals surface area contributed by atoms with Crippen LogP contribution in [-0.4, -0.2) is 11.7 Å². The highest BCUT2D eigenvalue weighted by molar-refractivity contribution is 6.31. The van der Waals surface area contributed by atoms with Crippen molar-refractivity contribution in [3.63, 3.8) is 0 Å². The fraction of sp³-hybridized carbons (Fsp3) is 0.333. The Balaban J connectivity index is 3.07. The van der Waals surface area contributed by atoms with E-state index < -0.39 is 0 Å². The van der Waals surface area contributed by atoms with Crippen LogP contribution in [-0.2, 0) is 0 Å². The van der Waals surface area contributed by atoms with Crippen LogP contribution < -0.4 is 5.73 Å². The second-order valence-electron chi connectivity index (χ2n) is 2.74. The lowest BCUT2D eigenvalue weighted by atomic mass is 10.0. The molecule has 2 nitrogen and oxygen atoms in total. The SMILES string of the molecule is Cc1c(Cl)cccc1C(N)CO. The molecule has 0 aromatic heterocycles. The fourth-order valence-corrected chi connectivity index (χ4v) is 1.31. The van der Waals surface area contributed by atoms with Crippen LogP contribution in [0.3, 0.4) is 0 Å². The van der Waals surface area contributed by atoms with Crippen molar-refractivity contribution in [2.45, 2.75) is 13.0 Å². The molecule has 1 aromatic rings. The third kappa shape index (κ3) is 1.78. The Morgan fingerprint density at radius 1 is 1.58 bits per heavy atom. The van der Waals surface area contributed by atoms with Crippen molar-refractivity contribution in [2.24, 2.45) is 5.73 Å². The van der Waals surface area contributed by atoms with Crippen molar-refractivity contribution >= 4 is 11.6 Å². The summed E-state index contributed by atoms with van der Waals surface area (Å²) in [7, 11) is 0. The number of hydrogen-bond acceptors (Lipinski definition) is 2. The first kappa shape index (κ1) is 9.52. The van der Waals surface area contributed by atoms with E-state index in [2.05, 4.69) is 0 Å². The molecule has 3 heteroatoms. The predicted octanol–water partition coefficient (Wildman–Crippen LogP) is 1.64. The zero-order valence-electron chi connectivity index (χ0n) is 6.92. The summed E-state index contributed by atoms with van der Waals surface area (Å²) in [5.41, 5.74) is 7.51. The van der Waals surface area contributed by atoms with Gasteiger partial charge in [0.15, 0.2) is 0 Å². The van der Waals surface area contributed by atoms with Crippen molar-refractivity contribution in [2.75, 3.05) is 6.61 Å². The first-order chi connectivity index (χ1) is 5.66. The first-order valence-electron chi connectivity index (χ1n) is 3.78. The van der Waals surface area contributed by atoms with Crippen LogP contribution in [0.4, 0.5) is 0 Å². The molecular formula is C9H12ClNO. The Labute approximate surface area is 77.0 Å². The Kier molecular flexibility index (Phi) is 3.09. The van der Waals surface area contributed by atoms with Gasteiger partial charge in [-0.05, 0) is 24.1 Å². The topological polar surface area (TPSA) is 46.2 Å². The average Bonchev–Trinajstić information content (AvgIpc) is 2.08. The van der Waals surface area contributed by atoms with E-state index in [1.807, 2.05) is 25.1 Å². The predicted molar refractivity (Wildman–Crippen MR) is 50.2 cm³/mol. The maximum absolute atomic E-state index is 8.84. The maximum Gasteiger partial charge on any atom is 0.0624 e. The average molecular weight is 186 g/mol. The molecule has 1 unspecified atom stereocenters. The molecule has 66 valence electrons. The highest BCUT2D eigenvalue weighted by atomic mass is 35.5. The van der Waals surface area contributed by atoms with Gasteiger partial charge in [0.2, 0.25) is 0 Å². The van der Waals surface area contributed by atoms with Crippen molar-refractivity contribution in [1.29, 1.82) is 0 Å². The smallest absolute Gasteiger partial charge is 0.0624 e. The van der Waals surface area contributed by atoms with E-state index in [-0.39, 0.29) is 12.6 Å². The lowest BCUT2D eigenvalue weighted by molar-refractivity contribution is 0.267. The molecule has 0 spiro atoms. The van der Waals surface area contributed by atoms with Crippen LogP contribution in [0.5, 0.6) is 0 Å². The number of halogens is 1. The number of nitrogens with two attached hydrogens (primary N) is 1. The third-order valence-electron chi connectivity index (χ3n) is 1.91. The minimum Gasteiger partial charge on any atom is -0.394 e. The summed E-state index contributed by atoms with van der Waals surface area (Å²) in [6, 6.07) is 5.19. The van der Waals surface area contributed by atoms with Gasteiger partial charge in [0.25, 0.3) is 0 Å². The maximum atomic E-state index is 8.84. The number of benzene rings is 1. The standard InChI is InChI=1S/C9H12ClNO/c1-6-7(9(11)5-12)3-2-4-8(6)10/h2-4,9,12H,5,11H2,1H3. The van der Waals surface area contributed by atoms with Crippen molar-refractivity contribution in [1.82, 2.24) is 0 Å². The van der Waals surface area contributed by atoms with Crippen LogP contribution in [0.2, 0.25) is 5.02 Å². The first-order valence-corrected chi connectivity index (χ1v) is 4.16. The van der Waals surface area contributed by atoms with E-state index >= 15 is 0 Å². The molecule has 0 saturated carbocycles. The second-order valence-corrected chi connectivity index (χ2v) is 3.15. The molecule has 1 rings (SSSR count). The molecule has 3 N–H and O–H groups in total. The zero-order chi connectivity index (χ0) is 9.14. The van der Waals surface area contributed by atoms with Gasteiger partial charge < -0.3 is 10.8 Å². The van der Waals surface area contributed by atoms with Gasteiger partial charge in [0, 0.05) is 5.02 Å². The van der Waals surface area contributed by atoms with Crippen LogP contribution in [0, 0.1) is 6.92 Å². The molecule has 0 aliphatic rings. The summed E-state index contributed by atoms with van der Waals surface area (Å²) in [5, 5.41) is 9.53. The molecule has 1 atom stereocenters. The number of aliphatic hydroxyl groups is 1. The molecule has 0 bridgehead atoms. The molecule has 0 saturated heterocycles. The molecule has 0 fully saturated rings. The van der Waals surface area contributed by atoms with Gasteiger partial charge in [-0.15, -0.1) is 0 Å². The second kappa shape index (κ2) is 3.90. The van der Waals surface area contributed by atoms with Crippen molar-refractivity contribution < 1.29 is 5.11 Å². The van der Waals surface area contributed by atoms with Crippen LogP contribution in [0.25, 0.3) is 0 Å². The van der Waals surface area contributed by atoms with E-state index in [0.717, 1.165) is 11.1 Å². The lowest BCUT2D eigenvalue weighted by Crippen LogP contribution is -2.15. The van der Waals surface area contributed by atoms with E-state index in [0.29, 0.717) is 5.02 Å². The van der Waals surface area contributed by atoms with Crippen molar-refractivity contribution in [3.05, 3.63) is 34.3 Å². The molecule has 1 aromatic carbocycles. The number of aliphatic hydroxyl groups excluding tert-OH is 1. The summed E-state index contributed by atoms with van der Waals surface area (Å²) in [6.45, 7) is 1.84. The Hall–Kier alpha value is -0.570. The summed E-state index contributed by atoms with van der Waals surface area (Å²) < 4.78 is 0. The number of hydrogen-bond donors (Lipinski definition) is 2. The Bertz CT molecular complexity index is 275. The van der Waals surface area contributed by atoms with Gasteiger partial charge in [0.1, 0.15) is 0 Å². The van der Waals surface area contributed by atoms with Gasteiger partial charge in [0.05, 0.1) is 12.6 Å². The highest BCUT2D eigenvalue weighted by Crippen LogP contribution is 2.22. The monoisotopic (exact) mass is 185 g/mol. The normalized spacial score (nSPS) is 13.0. The van der Waals surface area contributed by atoms with Crippen molar-refractivity contribution in [3.8, 4) is 0 Å². The zero-order valence-corrected chi connectivity index (χ0v) is 7.67. The lowest BCUT2D eigenvalue weighted by Gasteiger charge is -2.12. The fourth-order valence-electron chi connectivity index (χ4n) is 1.12. The molecule has 0 aliphatic carbocycles. The van der Waals surface area contributed by atoms with E-state index in [1.165, 1.54) is 0 Å². The van der Waals surface area contributed by atoms with Gasteiger partial charge in [-0.3, -0.25) is 0 Å². The Morgan fingerprint density at radius 3 is 2.83 bits per heavy atom. The Morgan fingerprint density at radius 2 is 2.25 bits per heavy atom. The summed E-state index contributed by atoms with van der Waals surface area (Å²) >= 11 is 5.88. The molecule has 0 amide bonds. The summed E-state index contributed by atoms with van der Waals surface area (Å²) in [5.74, 6) is 0. The highest BCUT2D eigenvalue weighted by Gasteiger charge is 2.08. The molecule has 0 heterocycles. The summed E-state index contributed by atoms with van der Waals surface area (Å²) in [6.07, 6.45) is 0. The van der Waals surface area contributed by atoms with E-state index in [1.54, 1.807) is 0 Å². The van der Waals surface area contributed by atoms with Gasteiger partial charge in [-0.2, -0.15) is 0 Å². The van der Waals surface area contributed by atoms with Gasteiger partial charge in [-0.1, -0.05) is 23.7 Å². The minimum atomic E-state index is -0.330. The third-order valence-corrected chi connectivity index (χ3v) is 2.32. The van der Waals surface area contributed by atoms with E-state index in [9.17, 15) is 0 Å². The van der Waals surface area contributed by atoms with Crippen LogP contribution in [0.15, 0.2) is 18.2 Å². The minimum absolute atomic E-state index is 0.0544. The largest absolute Gasteiger partial charge is 0.394 e. The quantitative estimate of drug-likeness (QED) is 0.736. The molecule has 0 radical (unpaired) electrons.